The number of hydrogen-bond donors (Lipinski definition) is 1. The van der Waals surface area contributed by atoms with Gasteiger partial charge in [-0.3, -0.25) is 0 Å². The lowest BCUT2D eigenvalue weighted by molar-refractivity contribution is 0.195. The Morgan fingerprint density at radius 2 is 2.36 bits per heavy atom. The molecule has 1 atom stereocenters. The van der Waals surface area contributed by atoms with Crippen molar-refractivity contribution in [3.05, 3.63) is 28.2 Å². The Balaban J connectivity index is 2.05. The van der Waals surface area contributed by atoms with E-state index in [1.165, 1.54) is 11.3 Å². The van der Waals surface area contributed by atoms with Crippen molar-refractivity contribution in [1.82, 2.24) is 0 Å². The normalized spacial score (nSPS) is 21.1. The minimum atomic E-state index is 0.482. The van der Waals surface area contributed by atoms with Crippen molar-refractivity contribution in [2.75, 3.05) is 18.5 Å². The van der Waals surface area contributed by atoms with Crippen molar-refractivity contribution in [3.63, 3.8) is 0 Å². The van der Waals surface area contributed by atoms with E-state index in [1.54, 1.807) is 0 Å². The molecule has 3 heteroatoms. The van der Waals surface area contributed by atoms with Gasteiger partial charge in [0.05, 0.1) is 12.6 Å². The minimum absolute atomic E-state index is 0.482. The second-order valence-electron chi connectivity index (χ2n) is 3.67. The molecule has 0 saturated carbocycles. The summed E-state index contributed by atoms with van der Waals surface area (Å²) in [5.41, 5.74) is 2.44. The number of hydrogen-bond acceptors (Lipinski definition) is 2. The molecule has 1 N–H and O–H groups in total. The van der Waals surface area contributed by atoms with Gasteiger partial charge >= 0.3 is 0 Å². The number of rotatable bonds is 2. The molecule has 0 amide bonds. The van der Waals surface area contributed by atoms with Gasteiger partial charge in [0.25, 0.3) is 0 Å². The Bertz CT molecular complexity index is 321. The first-order chi connectivity index (χ1) is 6.75. The minimum Gasteiger partial charge on any atom is -0.380 e. The Kier molecular flexibility index (Phi) is 3.08. The summed E-state index contributed by atoms with van der Waals surface area (Å²) in [6.45, 7) is 3.81. The van der Waals surface area contributed by atoms with Gasteiger partial charge in [0.2, 0.25) is 0 Å². The molecule has 76 valence electrons. The lowest BCUT2D eigenvalue weighted by Gasteiger charge is -2.12. The van der Waals surface area contributed by atoms with Crippen molar-refractivity contribution in [1.29, 1.82) is 0 Å². The molecular weight excluding hydrogens is 242 g/mol. The molecule has 0 spiro atoms. The summed E-state index contributed by atoms with van der Waals surface area (Å²) < 4.78 is 6.47. The maximum atomic E-state index is 5.31. The first-order valence-corrected chi connectivity index (χ1v) is 5.65. The fourth-order valence-corrected chi connectivity index (χ4v) is 1.87. The predicted molar refractivity (Wildman–Crippen MR) is 61.7 cm³/mol. The van der Waals surface area contributed by atoms with Gasteiger partial charge in [0.1, 0.15) is 0 Å². The third kappa shape index (κ3) is 2.28. The second kappa shape index (κ2) is 4.32. The van der Waals surface area contributed by atoms with E-state index in [2.05, 4.69) is 46.4 Å². The van der Waals surface area contributed by atoms with Gasteiger partial charge in [-0.25, -0.2) is 0 Å². The summed E-state index contributed by atoms with van der Waals surface area (Å²) in [7, 11) is 0. The maximum absolute atomic E-state index is 5.31. The van der Waals surface area contributed by atoms with Crippen molar-refractivity contribution >= 4 is 21.6 Å². The number of nitrogens with one attached hydrogen (secondary N) is 1. The standard InChI is InChI=1S/C11H14BrNO/c1-8-6-9(2-3-11(8)12)13-10-4-5-14-7-10/h2-3,6,10,13H,4-5,7H2,1H3. The third-order valence-electron chi connectivity index (χ3n) is 2.46. The van der Waals surface area contributed by atoms with Crippen LogP contribution in [0.3, 0.4) is 0 Å². The fourth-order valence-electron chi connectivity index (χ4n) is 1.62. The van der Waals surface area contributed by atoms with Crippen LogP contribution in [0.1, 0.15) is 12.0 Å². The molecule has 1 aromatic carbocycles. The van der Waals surface area contributed by atoms with Gasteiger partial charge in [-0.15, -0.1) is 0 Å². The molecule has 0 aliphatic carbocycles. The van der Waals surface area contributed by atoms with Crippen LogP contribution >= 0.6 is 15.9 Å². The summed E-state index contributed by atoms with van der Waals surface area (Å²) in [4.78, 5) is 0. The molecule has 0 radical (unpaired) electrons. The third-order valence-corrected chi connectivity index (χ3v) is 3.35. The van der Waals surface area contributed by atoms with Crippen molar-refractivity contribution < 1.29 is 4.74 Å². The van der Waals surface area contributed by atoms with E-state index in [0.717, 1.165) is 24.1 Å². The van der Waals surface area contributed by atoms with E-state index >= 15 is 0 Å². The predicted octanol–water partition coefficient (Wildman–Crippen LogP) is 2.96. The van der Waals surface area contributed by atoms with Crippen LogP contribution in [0.25, 0.3) is 0 Å². The first kappa shape index (κ1) is 9.99. The van der Waals surface area contributed by atoms with Crippen LogP contribution in [0.2, 0.25) is 0 Å². The Hall–Kier alpha value is -0.540. The second-order valence-corrected chi connectivity index (χ2v) is 4.52. The van der Waals surface area contributed by atoms with E-state index in [9.17, 15) is 0 Å². The number of anilines is 1. The van der Waals surface area contributed by atoms with Crippen LogP contribution in [0, 0.1) is 6.92 Å². The highest BCUT2D eigenvalue weighted by molar-refractivity contribution is 9.10. The van der Waals surface area contributed by atoms with Gasteiger partial charge in [-0.05, 0) is 37.1 Å². The monoisotopic (exact) mass is 255 g/mol. The summed E-state index contributed by atoms with van der Waals surface area (Å²) in [5.74, 6) is 0. The zero-order chi connectivity index (χ0) is 9.97. The van der Waals surface area contributed by atoms with Crippen molar-refractivity contribution in [2.45, 2.75) is 19.4 Å². The van der Waals surface area contributed by atoms with Crippen LogP contribution in [0.15, 0.2) is 22.7 Å². The molecule has 1 heterocycles. The van der Waals surface area contributed by atoms with Crippen LogP contribution in [-0.4, -0.2) is 19.3 Å². The van der Waals surface area contributed by atoms with Gasteiger partial charge in [-0.2, -0.15) is 0 Å². The number of benzene rings is 1. The summed E-state index contributed by atoms with van der Waals surface area (Å²) in [6.07, 6.45) is 1.11. The van der Waals surface area contributed by atoms with Gasteiger partial charge in [0, 0.05) is 16.8 Å². The largest absolute Gasteiger partial charge is 0.380 e. The molecule has 14 heavy (non-hydrogen) atoms. The summed E-state index contributed by atoms with van der Waals surface area (Å²) in [5, 5.41) is 3.46. The topological polar surface area (TPSA) is 21.3 Å². The average molecular weight is 256 g/mol. The van der Waals surface area contributed by atoms with E-state index in [1.807, 2.05) is 0 Å². The van der Waals surface area contributed by atoms with Crippen LogP contribution in [0.5, 0.6) is 0 Å². The highest BCUT2D eigenvalue weighted by Crippen LogP contribution is 2.21. The first-order valence-electron chi connectivity index (χ1n) is 4.86. The van der Waals surface area contributed by atoms with Crippen LogP contribution < -0.4 is 5.32 Å². The lowest BCUT2D eigenvalue weighted by Crippen LogP contribution is -2.18. The Labute approximate surface area is 92.8 Å². The molecule has 1 saturated heterocycles. The van der Waals surface area contributed by atoms with Crippen molar-refractivity contribution in [3.8, 4) is 0 Å². The van der Waals surface area contributed by atoms with Gasteiger partial charge in [0.15, 0.2) is 0 Å². The maximum Gasteiger partial charge on any atom is 0.0668 e. The van der Waals surface area contributed by atoms with Crippen LogP contribution in [-0.2, 0) is 4.74 Å². The van der Waals surface area contributed by atoms with Gasteiger partial charge < -0.3 is 10.1 Å². The molecule has 2 rings (SSSR count). The molecule has 2 nitrogen and oxygen atoms in total. The molecule has 0 aromatic heterocycles. The van der Waals surface area contributed by atoms with Crippen molar-refractivity contribution in [2.24, 2.45) is 0 Å². The average Bonchev–Trinajstić information content (AvgIpc) is 2.64. The number of aryl methyl sites for hydroxylation is 1. The molecule has 1 aromatic rings. The smallest absolute Gasteiger partial charge is 0.0668 e. The highest BCUT2D eigenvalue weighted by Gasteiger charge is 2.14. The van der Waals surface area contributed by atoms with Gasteiger partial charge in [-0.1, -0.05) is 15.9 Å². The summed E-state index contributed by atoms with van der Waals surface area (Å²) >= 11 is 3.49. The van der Waals surface area contributed by atoms with E-state index in [-0.39, 0.29) is 0 Å². The molecular formula is C11H14BrNO. The Morgan fingerprint density at radius 3 is 3.00 bits per heavy atom. The fraction of sp³-hybridized carbons (Fsp3) is 0.455. The lowest BCUT2D eigenvalue weighted by atomic mass is 10.2. The molecule has 0 bridgehead atoms. The highest BCUT2D eigenvalue weighted by atomic mass is 79.9. The number of halogens is 1. The number of ether oxygens (including phenoxy) is 1. The van der Waals surface area contributed by atoms with Crippen LogP contribution in [0.4, 0.5) is 5.69 Å². The molecule has 1 aliphatic rings. The molecule has 1 unspecified atom stereocenters. The molecule has 1 aliphatic heterocycles. The zero-order valence-corrected chi connectivity index (χ0v) is 9.80. The Morgan fingerprint density at radius 1 is 1.50 bits per heavy atom. The zero-order valence-electron chi connectivity index (χ0n) is 8.22. The van der Waals surface area contributed by atoms with E-state index < -0.39 is 0 Å². The molecule has 1 fully saturated rings. The quantitative estimate of drug-likeness (QED) is 0.878. The van der Waals surface area contributed by atoms with E-state index in [0.29, 0.717) is 6.04 Å². The summed E-state index contributed by atoms with van der Waals surface area (Å²) in [6, 6.07) is 6.81. The SMILES string of the molecule is Cc1cc(NC2CCOC2)ccc1Br. The van der Waals surface area contributed by atoms with E-state index in [4.69, 9.17) is 4.74 Å².